The van der Waals surface area contributed by atoms with Gasteiger partial charge in [-0.15, -0.1) is 0 Å². The van der Waals surface area contributed by atoms with E-state index in [0.29, 0.717) is 6.54 Å². The van der Waals surface area contributed by atoms with Crippen LogP contribution in [0.5, 0.6) is 0 Å². The lowest BCUT2D eigenvalue weighted by Crippen LogP contribution is -2.45. The Morgan fingerprint density at radius 1 is 1.48 bits per heavy atom. The number of aryl methyl sites for hydroxylation is 1. The molecule has 0 aromatic carbocycles. The number of rotatable bonds is 5. The molecule has 114 valence electrons. The normalized spacial score (nSPS) is 11.7. The smallest absolute Gasteiger partial charge is 0.250 e. The summed E-state index contributed by atoms with van der Waals surface area (Å²) in [6.45, 7) is 7.05. The van der Waals surface area contributed by atoms with Gasteiger partial charge >= 0.3 is 0 Å². The van der Waals surface area contributed by atoms with Crippen LogP contribution in [0.4, 0.5) is 0 Å². The van der Waals surface area contributed by atoms with Crippen LogP contribution in [0.1, 0.15) is 26.5 Å². The second-order valence-corrected chi connectivity index (χ2v) is 6.40. The Bertz CT molecular complexity index is 631. The van der Waals surface area contributed by atoms with Crippen molar-refractivity contribution in [3.05, 3.63) is 34.8 Å². The van der Waals surface area contributed by atoms with Crippen LogP contribution in [0.3, 0.4) is 0 Å². The topological polar surface area (TPSA) is 56.0 Å². The minimum Gasteiger partial charge on any atom is -0.338 e. The monoisotopic (exact) mass is 353 g/mol. The first-order chi connectivity index (χ1) is 9.84. The Balaban J connectivity index is 2.11. The lowest BCUT2D eigenvalue weighted by molar-refractivity contribution is -0.139. The van der Waals surface area contributed by atoms with Crippen molar-refractivity contribution in [1.82, 2.24) is 24.5 Å². The predicted octanol–water partition coefficient (Wildman–Crippen LogP) is 2.26. The average molecular weight is 354 g/mol. The summed E-state index contributed by atoms with van der Waals surface area (Å²) in [5.74, 6) is -0.0100. The first-order valence-corrected chi connectivity index (χ1v) is 7.62. The van der Waals surface area contributed by atoms with Crippen molar-refractivity contribution >= 4 is 21.8 Å². The van der Waals surface area contributed by atoms with Gasteiger partial charge in [0.25, 0.3) is 0 Å². The highest BCUT2D eigenvalue weighted by Gasteiger charge is 2.33. The molecule has 0 spiro atoms. The number of amides is 1. The van der Waals surface area contributed by atoms with Crippen LogP contribution in [0, 0.1) is 0 Å². The van der Waals surface area contributed by atoms with E-state index in [1.165, 1.54) is 0 Å². The summed E-state index contributed by atoms with van der Waals surface area (Å²) >= 11 is 3.35. The molecular formula is C14H20BrN5O. The van der Waals surface area contributed by atoms with Crippen LogP contribution < -0.4 is 0 Å². The molecule has 2 rings (SSSR count). The number of carbonyl (C=O) groups excluding carboxylic acids is 1. The fourth-order valence-electron chi connectivity index (χ4n) is 2.15. The van der Waals surface area contributed by atoms with Crippen molar-refractivity contribution < 1.29 is 4.79 Å². The van der Waals surface area contributed by atoms with E-state index in [-0.39, 0.29) is 5.91 Å². The molecule has 21 heavy (non-hydrogen) atoms. The van der Waals surface area contributed by atoms with E-state index in [1.807, 2.05) is 37.7 Å². The van der Waals surface area contributed by atoms with Crippen LogP contribution in [-0.4, -0.2) is 37.4 Å². The van der Waals surface area contributed by atoms with E-state index in [4.69, 9.17) is 0 Å². The van der Waals surface area contributed by atoms with Gasteiger partial charge in [-0.3, -0.25) is 14.2 Å². The fraction of sp³-hybridized carbons (Fsp3) is 0.500. The average Bonchev–Trinajstić information content (AvgIpc) is 3.06. The van der Waals surface area contributed by atoms with E-state index in [9.17, 15) is 4.79 Å². The van der Waals surface area contributed by atoms with E-state index in [1.54, 1.807) is 29.0 Å². The largest absolute Gasteiger partial charge is 0.338 e. The summed E-state index contributed by atoms with van der Waals surface area (Å²) < 4.78 is 4.37. The Kier molecular flexibility index (Phi) is 4.51. The van der Waals surface area contributed by atoms with Gasteiger partial charge in [-0.2, -0.15) is 10.2 Å². The molecule has 0 radical (unpaired) electrons. The summed E-state index contributed by atoms with van der Waals surface area (Å²) in [6, 6.07) is 1.94. The zero-order valence-corrected chi connectivity index (χ0v) is 14.3. The Hall–Kier alpha value is -1.63. The van der Waals surface area contributed by atoms with Gasteiger partial charge in [0.2, 0.25) is 5.91 Å². The third kappa shape index (κ3) is 3.34. The zero-order chi connectivity index (χ0) is 15.6. The van der Waals surface area contributed by atoms with Crippen LogP contribution in [0.25, 0.3) is 0 Å². The molecule has 2 aromatic heterocycles. The number of hydrogen-bond acceptors (Lipinski definition) is 3. The molecule has 0 saturated heterocycles. The van der Waals surface area contributed by atoms with E-state index >= 15 is 0 Å². The quantitative estimate of drug-likeness (QED) is 0.828. The highest BCUT2D eigenvalue weighted by Crippen LogP contribution is 2.20. The predicted molar refractivity (Wildman–Crippen MR) is 83.6 cm³/mol. The number of aromatic nitrogens is 4. The summed E-state index contributed by atoms with van der Waals surface area (Å²) in [6.07, 6.45) is 5.40. The molecule has 0 aliphatic rings. The third-order valence-corrected chi connectivity index (χ3v) is 3.82. The highest BCUT2D eigenvalue weighted by atomic mass is 79.9. The Morgan fingerprint density at radius 2 is 2.19 bits per heavy atom. The lowest BCUT2D eigenvalue weighted by atomic mass is 10.0. The Morgan fingerprint density at radius 3 is 2.71 bits per heavy atom. The van der Waals surface area contributed by atoms with Crippen molar-refractivity contribution in [3.63, 3.8) is 0 Å². The maximum Gasteiger partial charge on any atom is 0.250 e. The molecule has 6 nitrogen and oxygen atoms in total. The van der Waals surface area contributed by atoms with Crippen LogP contribution in [0.2, 0.25) is 0 Å². The van der Waals surface area contributed by atoms with Gasteiger partial charge < -0.3 is 4.90 Å². The van der Waals surface area contributed by atoms with E-state index < -0.39 is 5.54 Å². The molecule has 0 N–H and O–H groups in total. The summed E-state index contributed by atoms with van der Waals surface area (Å²) in [5.41, 5.74) is 0.138. The number of likely N-dealkylation sites (N-methyl/N-ethyl adjacent to an activating group) is 1. The molecule has 0 aliphatic heterocycles. The van der Waals surface area contributed by atoms with Gasteiger partial charge in [0.1, 0.15) is 5.54 Å². The fourth-order valence-corrected chi connectivity index (χ4v) is 2.44. The van der Waals surface area contributed by atoms with Crippen molar-refractivity contribution in [3.8, 4) is 0 Å². The van der Waals surface area contributed by atoms with Crippen molar-refractivity contribution in [2.24, 2.45) is 0 Å². The molecule has 0 atom stereocenters. The summed E-state index contributed by atoms with van der Waals surface area (Å²) in [4.78, 5) is 14.3. The van der Waals surface area contributed by atoms with Gasteiger partial charge in [-0.05, 0) is 42.8 Å². The van der Waals surface area contributed by atoms with Crippen LogP contribution in [0.15, 0.2) is 29.1 Å². The van der Waals surface area contributed by atoms with Gasteiger partial charge in [0.05, 0.1) is 22.9 Å². The molecule has 2 aromatic rings. The molecular weight excluding hydrogens is 334 g/mol. The molecule has 0 fully saturated rings. The van der Waals surface area contributed by atoms with Gasteiger partial charge in [0.15, 0.2) is 0 Å². The molecule has 1 amide bonds. The number of halogens is 1. The van der Waals surface area contributed by atoms with Gasteiger partial charge in [-0.1, -0.05) is 0 Å². The molecule has 0 aliphatic carbocycles. The Labute approximate surface area is 132 Å². The summed E-state index contributed by atoms with van der Waals surface area (Å²) in [7, 11) is 1.79. The molecule has 2 heterocycles. The molecule has 7 heteroatoms. The highest BCUT2D eigenvalue weighted by molar-refractivity contribution is 9.10. The zero-order valence-electron chi connectivity index (χ0n) is 12.7. The molecule has 0 unspecified atom stereocenters. The maximum atomic E-state index is 12.7. The number of nitrogens with zero attached hydrogens (tertiary/aromatic N) is 5. The lowest BCUT2D eigenvalue weighted by Gasteiger charge is -2.29. The van der Waals surface area contributed by atoms with Crippen molar-refractivity contribution in [2.75, 3.05) is 7.05 Å². The number of hydrogen-bond donors (Lipinski definition) is 0. The second kappa shape index (κ2) is 6.01. The van der Waals surface area contributed by atoms with Crippen LogP contribution >= 0.6 is 15.9 Å². The standard InChI is InChI=1S/C14H20BrN5O/c1-5-19-7-6-12(17-19)10-18(4)13(21)14(2,3)20-9-11(15)8-16-20/h6-9H,5,10H2,1-4H3. The summed E-state index contributed by atoms with van der Waals surface area (Å²) in [5, 5.41) is 8.62. The SMILES string of the molecule is CCn1ccc(CN(C)C(=O)C(C)(C)n2cc(Br)cn2)n1. The van der Waals surface area contributed by atoms with Gasteiger partial charge in [-0.25, -0.2) is 0 Å². The first kappa shape index (κ1) is 15.8. The minimum atomic E-state index is -0.742. The van der Waals surface area contributed by atoms with E-state index in [0.717, 1.165) is 16.7 Å². The third-order valence-electron chi connectivity index (χ3n) is 3.41. The van der Waals surface area contributed by atoms with Crippen LogP contribution in [-0.2, 0) is 23.4 Å². The molecule has 0 bridgehead atoms. The van der Waals surface area contributed by atoms with Crippen molar-refractivity contribution in [2.45, 2.75) is 39.4 Å². The first-order valence-electron chi connectivity index (χ1n) is 6.83. The molecule has 0 saturated carbocycles. The van der Waals surface area contributed by atoms with Gasteiger partial charge in [0, 0.05) is 26.0 Å². The number of carbonyl (C=O) groups is 1. The maximum absolute atomic E-state index is 12.7. The van der Waals surface area contributed by atoms with Crippen molar-refractivity contribution in [1.29, 1.82) is 0 Å². The van der Waals surface area contributed by atoms with E-state index in [2.05, 4.69) is 26.1 Å². The minimum absolute atomic E-state index is 0.0100. The second-order valence-electron chi connectivity index (χ2n) is 5.49.